The van der Waals surface area contributed by atoms with Crippen LogP contribution in [-0.2, 0) is 12.6 Å². The third-order valence-corrected chi connectivity index (χ3v) is 3.33. The fourth-order valence-corrected chi connectivity index (χ4v) is 2.18. The van der Waals surface area contributed by atoms with Crippen molar-refractivity contribution in [1.29, 1.82) is 0 Å². The van der Waals surface area contributed by atoms with E-state index < -0.39 is 11.7 Å². The molecule has 0 aliphatic heterocycles. The monoisotopic (exact) mass is 360 g/mol. The standard InChI is InChI=1S/C14H12BrF3N2O/c15-11-7-9(5-6-19)1-3-12(11)21-13-4-2-10(8-20-13)14(16,17)18/h1-4,7-8H,5-6,19H2. The van der Waals surface area contributed by atoms with Crippen LogP contribution in [0.15, 0.2) is 41.0 Å². The zero-order chi connectivity index (χ0) is 15.5. The van der Waals surface area contributed by atoms with E-state index in [2.05, 4.69) is 20.9 Å². The summed E-state index contributed by atoms with van der Waals surface area (Å²) in [5, 5.41) is 0. The fourth-order valence-electron chi connectivity index (χ4n) is 1.67. The smallest absolute Gasteiger partial charge is 0.417 e. The highest BCUT2D eigenvalue weighted by molar-refractivity contribution is 9.10. The second-order valence-electron chi connectivity index (χ2n) is 4.29. The summed E-state index contributed by atoms with van der Waals surface area (Å²) in [6.45, 7) is 0.535. The first kappa shape index (κ1) is 15.8. The van der Waals surface area contributed by atoms with Gasteiger partial charge in [0.2, 0.25) is 5.88 Å². The van der Waals surface area contributed by atoms with Gasteiger partial charge >= 0.3 is 6.18 Å². The minimum absolute atomic E-state index is 0.0928. The van der Waals surface area contributed by atoms with E-state index in [9.17, 15) is 13.2 Å². The van der Waals surface area contributed by atoms with Crippen molar-refractivity contribution in [3.8, 4) is 11.6 Å². The maximum atomic E-state index is 12.4. The maximum Gasteiger partial charge on any atom is 0.417 e. The third kappa shape index (κ3) is 4.18. The van der Waals surface area contributed by atoms with Gasteiger partial charge in [-0.25, -0.2) is 4.98 Å². The molecular formula is C14H12BrF3N2O. The first-order chi connectivity index (χ1) is 9.90. The van der Waals surface area contributed by atoms with Crippen LogP contribution in [0.1, 0.15) is 11.1 Å². The fraction of sp³-hybridized carbons (Fsp3) is 0.214. The average Bonchev–Trinajstić information content (AvgIpc) is 2.42. The summed E-state index contributed by atoms with van der Waals surface area (Å²) < 4.78 is 43.4. The van der Waals surface area contributed by atoms with E-state index >= 15 is 0 Å². The van der Waals surface area contributed by atoms with Crippen LogP contribution in [0.5, 0.6) is 11.6 Å². The molecule has 0 saturated heterocycles. The molecular weight excluding hydrogens is 349 g/mol. The molecule has 0 aliphatic rings. The van der Waals surface area contributed by atoms with Gasteiger partial charge in [-0.05, 0) is 52.7 Å². The van der Waals surface area contributed by atoms with Crippen molar-refractivity contribution in [3.05, 3.63) is 52.1 Å². The Hall–Kier alpha value is -1.60. The van der Waals surface area contributed by atoms with Crippen molar-refractivity contribution in [3.63, 3.8) is 0 Å². The second kappa shape index (κ2) is 6.44. The lowest BCUT2D eigenvalue weighted by Crippen LogP contribution is -2.05. The molecule has 0 bridgehead atoms. The van der Waals surface area contributed by atoms with Gasteiger partial charge in [-0.1, -0.05) is 6.07 Å². The van der Waals surface area contributed by atoms with Crippen LogP contribution in [0, 0.1) is 0 Å². The van der Waals surface area contributed by atoms with Gasteiger partial charge in [0.05, 0.1) is 10.0 Å². The third-order valence-electron chi connectivity index (χ3n) is 2.71. The topological polar surface area (TPSA) is 48.1 Å². The Kier molecular flexibility index (Phi) is 4.84. The number of nitrogens with two attached hydrogens (primary N) is 1. The van der Waals surface area contributed by atoms with E-state index in [-0.39, 0.29) is 5.88 Å². The van der Waals surface area contributed by atoms with Gasteiger partial charge in [0.1, 0.15) is 5.75 Å². The zero-order valence-corrected chi connectivity index (χ0v) is 12.4. The molecule has 0 amide bonds. The summed E-state index contributed by atoms with van der Waals surface area (Å²) in [5.74, 6) is 0.568. The first-order valence-corrected chi connectivity index (χ1v) is 6.89. The molecule has 0 saturated carbocycles. The molecule has 0 unspecified atom stereocenters. The predicted octanol–water partition coefficient (Wildman–Crippen LogP) is 4.16. The van der Waals surface area contributed by atoms with Crippen molar-refractivity contribution in [1.82, 2.24) is 4.98 Å². The number of ether oxygens (including phenoxy) is 1. The van der Waals surface area contributed by atoms with Crippen LogP contribution in [0.4, 0.5) is 13.2 Å². The summed E-state index contributed by atoms with van der Waals surface area (Å²) in [6, 6.07) is 7.53. The highest BCUT2D eigenvalue weighted by Crippen LogP contribution is 2.32. The van der Waals surface area contributed by atoms with Gasteiger partial charge in [0, 0.05) is 12.3 Å². The number of pyridine rings is 1. The number of nitrogens with zero attached hydrogens (tertiary/aromatic N) is 1. The molecule has 2 rings (SSSR count). The van der Waals surface area contributed by atoms with Crippen LogP contribution in [-0.4, -0.2) is 11.5 Å². The number of hydrogen-bond acceptors (Lipinski definition) is 3. The van der Waals surface area contributed by atoms with Crippen LogP contribution in [0.25, 0.3) is 0 Å². The SMILES string of the molecule is NCCc1ccc(Oc2ccc(C(F)(F)F)cn2)c(Br)c1. The molecule has 7 heteroatoms. The van der Waals surface area contributed by atoms with Gasteiger partial charge in [0.15, 0.2) is 0 Å². The summed E-state index contributed by atoms with van der Waals surface area (Å²) in [5.41, 5.74) is 5.70. The normalized spacial score (nSPS) is 11.5. The highest BCUT2D eigenvalue weighted by Gasteiger charge is 2.30. The number of halogens is 4. The van der Waals surface area contributed by atoms with Crippen LogP contribution < -0.4 is 10.5 Å². The summed E-state index contributed by atoms with van der Waals surface area (Å²) in [4.78, 5) is 3.66. The Bertz CT molecular complexity index is 615. The van der Waals surface area contributed by atoms with E-state index in [1.165, 1.54) is 6.07 Å². The van der Waals surface area contributed by atoms with Gasteiger partial charge in [-0.2, -0.15) is 13.2 Å². The zero-order valence-electron chi connectivity index (χ0n) is 10.8. The van der Waals surface area contributed by atoms with E-state index in [1.807, 2.05) is 12.1 Å². The van der Waals surface area contributed by atoms with Gasteiger partial charge in [-0.3, -0.25) is 0 Å². The lowest BCUT2D eigenvalue weighted by molar-refractivity contribution is -0.137. The molecule has 0 radical (unpaired) electrons. The van der Waals surface area contributed by atoms with Crippen molar-refractivity contribution in [2.24, 2.45) is 5.73 Å². The van der Waals surface area contributed by atoms with Gasteiger partial charge in [-0.15, -0.1) is 0 Å². The molecule has 1 aromatic carbocycles. The van der Waals surface area contributed by atoms with E-state index in [1.54, 1.807) is 6.07 Å². The Morgan fingerprint density at radius 3 is 2.48 bits per heavy atom. The average molecular weight is 361 g/mol. The molecule has 2 aromatic rings. The molecule has 0 spiro atoms. The maximum absolute atomic E-state index is 12.4. The van der Waals surface area contributed by atoms with E-state index in [4.69, 9.17) is 10.5 Å². The molecule has 0 fully saturated rings. The number of rotatable bonds is 4. The molecule has 2 N–H and O–H groups in total. The van der Waals surface area contributed by atoms with Crippen LogP contribution >= 0.6 is 15.9 Å². The molecule has 1 aromatic heterocycles. The van der Waals surface area contributed by atoms with E-state index in [0.717, 1.165) is 24.2 Å². The summed E-state index contributed by atoms with van der Waals surface area (Å²) in [7, 11) is 0. The van der Waals surface area contributed by atoms with Crippen LogP contribution in [0.2, 0.25) is 0 Å². The molecule has 1 heterocycles. The second-order valence-corrected chi connectivity index (χ2v) is 5.14. The molecule has 3 nitrogen and oxygen atoms in total. The van der Waals surface area contributed by atoms with Crippen molar-refractivity contribution >= 4 is 15.9 Å². The molecule has 0 aliphatic carbocycles. The predicted molar refractivity (Wildman–Crippen MR) is 76.2 cm³/mol. The van der Waals surface area contributed by atoms with E-state index in [0.29, 0.717) is 16.8 Å². The van der Waals surface area contributed by atoms with Crippen molar-refractivity contribution < 1.29 is 17.9 Å². The molecule has 112 valence electrons. The van der Waals surface area contributed by atoms with Crippen LogP contribution in [0.3, 0.4) is 0 Å². The first-order valence-electron chi connectivity index (χ1n) is 6.10. The largest absolute Gasteiger partial charge is 0.438 e. The lowest BCUT2D eigenvalue weighted by Gasteiger charge is -2.10. The Balaban J connectivity index is 2.15. The minimum Gasteiger partial charge on any atom is -0.438 e. The minimum atomic E-state index is -4.41. The lowest BCUT2D eigenvalue weighted by atomic mass is 10.1. The summed E-state index contributed by atoms with van der Waals surface area (Å²) in [6.07, 6.45) is -2.93. The Morgan fingerprint density at radius 1 is 1.19 bits per heavy atom. The van der Waals surface area contributed by atoms with Crippen molar-refractivity contribution in [2.75, 3.05) is 6.54 Å². The number of aromatic nitrogens is 1. The number of hydrogen-bond donors (Lipinski definition) is 1. The Morgan fingerprint density at radius 2 is 1.95 bits per heavy atom. The number of benzene rings is 1. The highest BCUT2D eigenvalue weighted by atomic mass is 79.9. The summed E-state index contributed by atoms with van der Waals surface area (Å²) >= 11 is 3.35. The van der Waals surface area contributed by atoms with Gasteiger partial charge < -0.3 is 10.5 Å². The van der Waals surface area contributed by atoms with Crippen molar-refractivity contribution in [2.45, 2.75) is 12.6 Å². The molecule has 0 atom stereocenters. The number of alkyl halides is 3. The van der Waals surface area contributed by atoms with Gasteiger partial charge in [0.25, 0.3) is 0 Å². The molecule has 21 heavy (non-hydrogen) atoms. The quantitative estimate of drug-likeness (QED) is 0.890. The Labute approximate surface area is 128 Å².